The molecule has 0 aromatic heterocycles. The van der Waals surface area contributed by atoms with Crippen molar-refractivity contribution in [1.82, 2.24) is 5.32 Å². The molecule has 4 N–H and O–H groups in total. The Labute approximate surface area is 139 Å². The Hall–Kier alpha value is -1.59. The Bertz CT molecular complexity index is 357. The van der Waals surface area contributed by atoms with Gasteiger partial charge in [-0.2, -0.15) is 0 Å². The third kappa shape index (κ3) is 16.6. The number of guanidine groups is 1. The molecule has 6 nitrogen and oxygen atoms in total. The van der Waals surface area contributed by atoms with Gasteiger partial charge in [-0.25, -0.2) is 4.99 Å². The van der Waals surface area contributed by atoms with E-state index in [0.29, 0.717) is 6.42 Å². The monoisotopic (exact) mass is 327 g/mol. The van der Waals surface area contributed by atoms with Crippen molar-refractivity contribution in [3.05, 3.63) is 0 Å². The second-order valence-corrected chi connectivity index (χ2v) is 5.93. The predicted octanol–water partition coefficient (Wildman–Crippen LogP) is 3.20. The molecule has 6 heteroatoms. The number of carboxylic acid groups (broad SMARTS) is 1. The van der Waals surface area contributed by atoms with E-state index in [-0.39, 0.29) is 11.9 Å². The summed E-state index contributed by atoms with van der Waals surface area (Å²) in [6.45, 7) is 1.81. The van der Waals surface area contributed by atoms with Crippen LogP contribution in [0.5, 0.6) is 0 Å². The van der Waals surface area contributed by atoms with Crippen LogP contribution in [0.3, 0.4) is 0 Å². The van der Waals surface area contributed by atoms with E-state index in [4.69, 9.17) is 10.8 Å². The van der Waals surface area contributed by atoms with Crippen LogP contribution in [-0.2, 0) is 9.59 Å². The average molecular weight is 327 g/mol. The minimum absolute atomic E-state index is 0.125. The predicted molar refractivity (Wildman–Crippen MR) is 93.3 cm³/mol. The zero-order valence-corrected chi connectivity index (χ0v) is 14.5. The molecule has 0 saturated carbocycles. The highest BCUT2D eigenvalue weighted by molar-refractivity contribution is 5.96. The van der Waals surface area contributed by atoms with E-state index < -0.39 is 12.5 Å². The molecule has 0 aliphatic rings. The molecular weight excluding hydrogens is 294 g/mol. The standard InChI is InChI=1S/C17H33N3O3/c1-2-3-4-5-6-7-8-9-10-11-12-13-15(21)20-17(18)19-14-16(22)23/h2-14H2,1H3,(H,22,23)(H3,18,19,20,21). The van der Waals surface area contributed by atoms with Gasteiger partial charge in [-0.05, 0) is 6.42 Å². The number of hydrogen-bond acceptors (Lipinski definition) is 3. The highest BCUT2D eigenvalue weighted by Gasteiger charge is 2.03. The minimum atomic E-state index is -1.08. The summed E-state index contributed by atoms with van der Waals surface area (Å²) in [5.74, 6) is -1.40. The van der Waals surface area contributed by atoms with Gasteiger partial charge in [-0.15, -0.1) is 0 Å². The van der Waals surface area contributed by atoms with Gasteiger partial charge in [0, 0.05) is 6.42 Å². The minimum Gasteiger partial charge on any atom is -0.480 e. The Kier molecular flexibility index (Phi) is 14.3. The Morgan fingerprint density at radius 3 is 1.87 bits per heavy atom. The lowest BCUT2D eigenvalue weighted by Gasteiger charge is -2.04. The summed E-state index contributed by atoms with van der Waals surface area (Å²) in [4.78, 5) is 25.4. The third-order valence-corrected chi connectivity index (χ3v) is 3.66. The largest absolute Gasteiger partial charge is 0.480 e. The average Bonchev–Trinajstić information content (AvgIpc) is 2.50. The summed E-state index contributed by atoms with van der Waals surface area (Å²) in [6, 6.07) is 0. The van der Waals surface area contributed by atoms with Gasteiger partial charge in [-0.1, -0.05) is 71.1 Å². The number of carbonyl (C=O) groups excluding carboxylic acids is 1. The van der Waals surface area contributed by atoms with Crippen LogP contribution in [-0.4, -0.2) is 29.5 Å². The molecule has 0 bridgehead atoms. The fourth-order valence-corrected chi connectivity index (χ4v) is 2.35. The molecule has 0 saturated heterocycles. The van der Waals surface area contributed by atoms with Crippen molar-refractivity contribution in [2.75, 3.05) is 6.54 Å². The van der Waals surface area contributed by atoms with Gasteiger partial charge in [0.15, 0.2) is 5.96 Å². The number of aliphatic carboxylic acids is 1. The van der Waals surface area contributed by atoms with Gasteiger partial charge in [0.1, 0.15) is 6.54 Å². The van der Waals surface area contributed by atoms with E-state index in [1.165, 1.54) is 51.4 Å². The van der Waals surface area contributed by atoms with Crippen LogP contribution in [0.1, 0.15) is 84.0 Å². The van der Waals surface area contributed by atoms with Crippen LogP contribution >= 0.6 is 0 Å². The summed E-state index contributed by atoms with van der Waals surface area (Å²) in [7, 11) is 0. The van der Waals surface area contributed by atoms with E-state index in [1.807, 2.05) is 0 Å². The third-order valence-electron chi connectivity index (χ3n) is 3.66. The maximum absolute atomic E-state index is 11.5. The summed E-state index contributed by atoms with van der Waals surface area (Å²) >= 11 is 0. The zero-order chi connectivity index (χ0) is 17.3. The molecule has 23 heavy (non-hydrogen) atoms. The Balaban J connectivity index is 3.39. The van der Waals surface area contributed by atoms with Gasteiger partial charge in [0.25, 0.3) is 0 Å². The first-order valence-electron chi connectivity index (χ1n) is 8.87. The van der Waals surface area contributed by atoms with Crippen LogP contribution in [0, 0.1) is 0 Å². The molecular formula is C17H33N3O3. The highest BCUT2D eigenvalue weighted by atomic mass is 16.4. The topological polar surface area (TPSA) is 105 Å². The molecule has 0 aliphatic carbocycles. The molecule has 0 aromatic rings. The van der Waals surface area contributed by atoms with Crippen LogP contribution in [0.25, 0.3) is 0 Å². The van der Waals surface area contributed by atoms with E-state index >= 15 is 0 Å². The van der Waals surface area contributed by atoms with Crippen LogP contribution in [0.15, 0.2) is 4.99 Å². The van der Waals surface area contributed by atoms with Crippen molar-refractivity contribution in [3.63, 3.8) is 0 Å². The van der Waals surface area contributed by atoms with Gasteiger partial charge in [-0.3, -0.25) is 14.9 Å². The smallest absolute Gasteiger partial charge is 0.325 e. The van der Waals surface area contributed by atoms with Crippen molar-refractivity contribution in [1.29, 1.82) is 0 Å². The summed E-state index contributed by atoms with van der Waals surface area (Å²) in [5, 5.41) is 10.8. The first-order valence-corrected chi connectivity index (χ1v) is 8.87. The van der Waals surface area contributed by atoms with Gasteiger partial charge < -0.3 is 10.8 Å². The number of rotatable bonds is 14. The maximum atomic E-state index is 11.5. The second-order valence-electron chi connectivity index (χ2n) is 5.93. The maximum Gasteiger partial charge on any atom is 0.325 e. The molecule has 0 unspecified atom stereocenters. The Morgan fingerprint density at radius 2 is 1.39 bits per heavy atom. The molecule has 0 aliphatic heterocycles. The number of nitrogens with zero attached hydrogens (tertiary/aromatic N) is 1. The van der Waals surface area contributed by atoms with Gasteiger partial charge in [0.2, 0.25) is 5.91 Å². The second kappa shape index (κ2) is 15.3. The van der Waals surface area contributed by atoms with Crippen molar-refractivity contribution in [3.8, 4) is 0 Å². The van der Waals surface area contributed by atoms with Crippen LogP contribution in [0.2, 0.25) is 0 Å². The van der Waals surface area contributed by atoms with Gasteiger partial charge >= 0.3 is 5.97 Å². The summed E-state index contributed by atoms with van der Waals surface area (Å²) < 4.78 is 0. The molecule has 0 rings (SSSR count). The molecule has 0 fully saturated rings. The number of carbonyl (C=O) groups is 2. The number of aliphatic imine (C=N–C) groups is 1. The molecule has 0 heterocycles. The lowest BCUT2D eigenvalue weighted by atomic mass is 10.1. The molecule has 0 spiro atoms. The lowest BCUT2D eigenvalue weighted by Crippen LogP contribution is -2.37. The van der Waals surface area contributed by atoms with E-state index in [2.05, 4.69) is 17.2 Å². The first-order chi connectivity index (χ1) is 11.1. The molecule has 0 aromatic carbocycles. The quantitative estimate of drug-likeness (QED) is 0.259. The van der Waals surface area contributed by atoms with Crippen LogP contribution < -0.4 is 11.1 Å². The normalized spacial score (nSPS) is 11.4. The Morgan fingerprint density at radius 1 is 0.913 bits per heavy atom. The van der Waals surface area contributed by atoms with Crippen LogP contribution in [0.4, 0.5) is 0 Å². The molecule has 134 valence electrons. The molecule has 1 amide bonds. The van der Waals surface area contributed by atoms with Crippen molar-refractivity contribution in [2.24, 2.45) is 10.7 Å². The summed E-state index contributed by atoms with van der Waals surface area (Å²) in [5.41, 5.74) is 5.41. The number of hydrogen-bond donors (Lipinski definition) is 3. The first kappa shape index (κ1) is 21.4. The fraction of sp³-hybridized carbons (Fsp3) is 0.824. The van der Waals surface area contributed by atoms with E-state index in [0.717, 1.165) is 19.3 Å². The number of nitrogens with two attached hydrogens (primary N) is 1. The number of amides is 1. The lowest BCUT2D eigenvalue weighted by molar-refractivity contribution is -0.135. The van der Waals surface area contributed by atoms with Crippen molar-refractivity contribution >= 4 is 17.8 Å². The zero-order valence-electron chi connectivity index (χ0n) is 14.5. The molecule has 0 radical (unpaired) electrons. The van der Waals surface area contributed by atoms with E-state index in [1.54, 1.807) is 0 Å². The number of unbranched alkanes of at least 4 members (excludes halogenated alkanes) is 10. The summed E-state index contributed by atoms with van der Waals surface area (Å²) in [6.07, 6.45) is 14.0. The number of carboxylic acids is 1. The SMILES string of the molecule is CCCCCCCCCCCCCC(=O)NC(N)=NCC(=O)O. The van der Waals surface area contributed by atoms with Crippen molar-refractivity contribution < 1.29 is 14.7 Å². The van der Waals surface area contributed by atoms with Gasteiger partial charge in [0.05, 0.1) is 0 Å². The molecule has 0 atom stereocenters. The fourth-order valence-electron chi connectivity index (χ4n) is 2.35. The number of nitrogens with one attached hydrogen (secondary N) is 1. The van der Waals surface area contributed by atoms with E-state index in [9.17, 15) is 9.59 Å². The van der Waals surface area contributed by atoms with Crippen molar-refractivity contribution in [2.45, 2.75) is 84.0 Å². The highest BCUT2D eigenvalue weighted by Crippen LogP contribution is 2.11.